The molecule has 0 bridgehead atoms. The SMILES string of the molecule is C=C(OCCNCCC(CC)c1ccc(C)cc1)C1=C(N)CCCC1.C=CN. The first-order valence-electron chi connectivity index (χ1n) is 10.4. The average molecular weight is 386 g/mol. The van der Waals surface area contributed by atoms with E-state index in [1.165, 1.54) is 36.6 Å². The molecule has 0 saturated heterocycles. The van der Waals surface area contributed by atoms with Gasteiger partial charge in [0.15, 0.2) is 0 Å². The quantitative estimate of drug-likeness (QED) is 0.397. The van der Waals surface area contributed by atoms with Gasteiger partial charge in [0.05, 0.1) is 0 Å². The van der Waals surface area contributed by atoms with E-state index in [0.29, 0.717) is 12.5 Å². The van der Waals surface area contributed by atoms with Crippen LogP contribution in [0.15, 0.2) is 60.7 Å². The van der Waals surface area contributed by atoms with Crippen molar-refractivity contribution < 1.29 is 4.74 Å². The lowest BCUT2D eigenvalue weighted by Gasteiger charge is -2.20. The zero-order valence-corrected chi connectivity index (χ0v) is 17.8. The van der Waals surface area contributed by atoms with E-state index >= 15 is 0 Å². The van der Waals surface area contributed by atoms with Crippen molar-refractivity contribution in [3.05, 3.63) is 71.8 Å². The molecular formula is C24H39N3O. The fourth-order valence-electron chi connectivity index (χ4n) is 3.43. The molecule has 1 aromatic carbocycles. The first-order valence-corrected chi connectivity index (χ1v) is 10.4. The van der Waals surface area contributed by atoms with Gasteiger partial charge in [-0.25, -0.2) is 0 Å². The summed E-state index contributed by atoms with van der Waals surface area (Å²) in [5, 5.41) is 3.49. The Morgan fingerprint density at radius 2 is 1.86 bits per heavy atom. The maximum absolute atomic E-state index is 6.07. The minimum atomic E-state index is 0.621. The van der Waals surface area contributed by atoms with Crippen LogP contribution in [0.3, 0.4) is 0 Å². The number of benzene rings is 1. The van der Waals surface area contributed by atoms with Crippen LogP contribution in [-0.4, -0.2) is 19.7 Å². The normalized spacial score (nSPS) is 14.6. The first-order chi connectivity index (χ1) is 13.5. The Labute approximate surface area is 171 Å². The number of rotatable bonds is 10. The topological polar surface area (TPSA) is 73.3 Å². The van der Waals surface area contributed by atoms with E-state index in [2.05, 4.69) is 62.3 Å². The molecule has 0 saturated carbocycles. The number of hydrogen-bond donors (Lipinski definition) is 3. The summed E-state index contributed by atoms with van der Waals surface area (Å²) < 4.78 is 5.79. The van der Waals surface area contributed by atoms with Gasteiger partial charge >= 0.3 is 0 Å². The van der Waals surface area contributed by atoms with Gasteiger partial charge in [-0.1, -0.05) is 49.9 Å². The van der Waals surface area contributed by atoms with Crippen LogP contribution in [-0.2, 0) is 4.74 Å². The van der Waals surface area contributed by atoms with Crippen molar-refractivity contribution in [2.45, 2.75) is 58.3 Å². The van der Waals surface area contributed by atoms with Crippen LogP contribution >= 0.6 is 0 Å². The minimum Gasteiger partial charge on any atom is -0.493 e. The molecule has 0 aromatic heterocycles. The fourth-order valence-corrected chi connectivity index (χ4v) is 3.43. The second-order valence-electron chi connectivity index (χ2n) is 7.27. The Kier molecular flexibility index (Phi) is 11.8. The van der Waals surface area contributed by atoms with E-state index in [1.807, 2.05) is 0 Å². The molecule has 1 aliphatic carbocycles. The predicted octanol–water partition coefficient (Wildman–Crippen LogP) is 4.87. The molecule has 156 valence electrons. The summed E-state index contributed by atoms with van der Waals surface area (Å²) in [4.78, 5) is 0. The van der Waals surface area contributed by atoms with E-state index in [9.17, 15) is 0 Å². The van der Waals surface area contributed by atoms with Crippen LogP contribution in [0, 0.1) is 6.92 Å². The lowest BCUT2D eigenvalue weighted by atomic mass is 9.92. The van der Waals surface area contributed by atoms with Crippen LogP contribution in [0.4, 0.5) is 0 Å². The lowest BCUT2D eigenvalue weighted by molar-refractivity contribution is 0.218. The van der Waals surface area contributed by atoms with Crippen LogP contribution in [0.2, 0.25) is 0 Å². The third-order valence-corrected chi connectivity index (χ3v) is 5.11. The van der Waals surface area contributed by atoms with E-state index in [-0.39, 0.29) is 0 Å². The van der Waals surface area contributed by atoms with Crippen molar-refractivity contribution in [1.29, 1.82) is 0 Å². The number of aryl methyl sites for hydroxylation is 1. The molecule has 0 radical (unpaired) electrons. The molecule has 0 spiro atoms. The molecule has 1 aliphatic rings. The largest absolute Gasteiger partial charge is 0.493 e. The van der Waals surface area contributed by atoms with Crippen LogP contribution < -0.4 is 16.8 Å². The smallest absolute Gasteiger partial charge is 0.117 e. The standard InChI is InChI=1S/C22H34N2O.C2H5N/c1-4-19(20-11-9-17(2)10-12-20)13-14-24-15-16-25-18(3)21-7-5-6-8-22(21)23;1-2-3/h9-12,19,24H,3-8,13-16,23H2,1-2H3;2H,1,3H2. The second kappa shape index (κ2) is 13.9. The molecule has 1 atom stereocenters. The monoisotopic (exact) mass is 385 g/mol. The van der Waals surface area contributed by atoms with Crippen molar-refractivity contribution >= 4 is 0 Å². The predicted molar refractivity (Wildman–Crippen MR) is 121 cm³/mol. The molecular weight excluding hydrogens is 346 g/mol. The van der Waals surface area contributed by atoms with E-state index in [0.717, 1.165) is 49.4 Å². The Balaban J connectivity index is 0.00000122. The first kappa shape index (κ1) is 23.8. The fraction of sp³-hybridized carbons (Fsp3) is 0.500. The number of hydrogen-bond acceptors (Lipinski definition) is 4. The molecule has 0 fully saturated rings. The molecule has 1 unspecified atom stereocenters. The number of nitrogens with one attached hydrogen (secondary N) is 1. The van der Waals surface area contributed by atoms with Crippen LogP contribution in [0.25, 0.3) is 0 Å². The Hall–Kier alpha value is -2.20. The van der Waals surface area contributed by atoms with Gasteiger partial charge in [0.1, 0.15) is 12.4 Å². The van der Waals surface area contributed by atoms with Gasteiger partial charge in [-0.05, 0) is 69.7 Å². The summed E-state index contributed by atoms with van der Waals surface area (Å²) in [6.07, 6.45) is 7.93. The van der Waals surface area contributed by atoms with Gasteiger partial charge in [0.25, 0.3) is 0 Å². The Morgan fingerprint density at radius 3 is 2.46 bits per heavy atom. The molecule has 0 heterocycles. The molecule has 4 nitrogen and oxygen atoms in total. The maximum Gasteiger partial charge on any atom is 0.117 e. The van der Waals surface area contributed by atoms with Gasteiger partial charge in [0, 0.05) is 17.8 Å². The van der Waals surface area contributed by atoms with Gasteiger partial charge in [-0.15, -0.1) is 0 Å². The zero-order valence-electron chi connectivity index (χ0n) is 17.8. The molecule has 5 N–H and O–H groups in total. The molecule has 1 aromatic rings. The summed E-state index contributed by atoms with van der Waals surface area (Å²) in [7, 11) is 0. The average Bonchev–Trinajstić information content (AvgIpc) is 2.69. The van der Waals surface area contributed by atoms with Gasteiger partial charge in [-0.2, -0.15) is 0 Å². The summed E-state index contributed by atoms with van der Waals surface area (Å²) in [5.41, 5.74) is 15.5. The lowest BCUT2D eigenvalue weighted by Crippen LogP contribution is -2.22. The highest BCUT2D eigenvalue weighted by Crippen LogP contribution is 2.26. The van der Waals surface area contributed by atoms with Crippen molar-refractivity contribution in [1.82, 2.24) is 5.32 Å². The molecule has 4 heteroatoms. The van der Waals surface area contributed by atoms with E-state index < -0.39 is 0 Å². The van der Waals surface area contributed by atoms with Crippen molar-refractivity contribution in [3.63, 3.8) is 0 Å². The number of ether oxygens (including phenoxy) is 1. The van der Waals surface area contributed by atoms with Crippen molar-refractivity contribution in [2.75, 3.05) is 19.7 Å². The van der Waals surface area contributed by atoms with E-state index in [1.54, 1.807) is 0 Å². The van der Waals surface area contributed by atoms with Crippen LogP contribution in [0.1, 0.15) is 62.5 Å². The van der Waals surface area contributed by atoms with Crippen molar-refractivity contribution in [3.8, 4) is 0 Å². The third-order valence-electron chi connectivity index (χ3n) is 5.11. The Morgan fingerprint density at radius 1 is 1.21 bits per heavy atom. The minimum absolute atomic E-state index is 0.621. The molecule has 0 aliphatic heterocycles. The molecule has 0 amide bonds. The molecule has 28 heavy (non-hydrogen) atoms. The number of nitrogens with two attached hydrogens (primary N) is 2. The zero-order chi connectivity index (χ0) is 20.8. The highest BCUT2D eigenvalue weighted by Gasteiger charge is 2.14. The van der Waals surface area contributed by atoms with Gasteiger partial charge in [-0.3, -0.25) is 0 Å². The van der Waals surface area contributed by atoms with Crippen LogP contribution in [0.5, 0.6) is 0 Å². The summed E-state index contributed by atoms with van der Waals surface area (Å²) in [6, 6.07) is 8.94. The van der Waals surface area contributed by atoms with Gasteiger partial charge < -0.3 is 21.5 Å². The number of allylic oxidation sites excluding steroid dienone is 2. The highest BCUT2D eigenvalue weighted by molar-refractivity contribution is 5.29. The highest BCUT2D eigenvalue weighted by atomic mass is 16.5. The maximum atomic E-state index is 6.07. The molecule has 2 rings (SSSR count). The third kappa shape index (κ3) is 8.66. The summed E-state index contributed by atoms with van der Waals surface area (Å²) in [6.45, 7) is 14.1. The van der Waals surface area contributed by atoms with Crippen molar-refractivity contribution in [2.24, 2.45) is 11.5 Å². The Bertz CT molecular complexity index is 619. The summed E-state index contributed by atoms with van der Waals surface area (Å²) in [5.74, 6) is 1.39. The van der Waals surface area contributed by atoms with Gasteiger partial charge in [0.2, 0.25) is 0 Å². The summed E-state index contributed by atoms with van der Waals surface area (Å²) >= 11 is 0. The van der Waals surface area contributed by atoms with E-state index in [4.69, 9.17) is 10.5 Å². The second-order valence-corrected chi connectivity index (χ2v) is 7.27.